The van der Waals surface area contributed by atoms with Gasteiger partial charge in [0.25, 0.3) is 0 Å². The maximum atomic E-state index is 12.1. The molecule has 6 nitrogen and oxygen atoms in total. The van der Waals surface area contributed by atoms with Crippen LogP contribution in [0, 0.1) is 3.57 Å². The van der Waals surface area contributed by atoms with Crippen molar-refractivity contribution in [2.45, 2.75) is 30.1 Å². The molecule has 0 spiro atoms. The van der Waals surface area contributed by atoms with Crippen LogP contribution in [-0.2, 0) is 9.59 Å². The molecule has 1 heterocycles. The maximum Gasteiger partial charge on any atom is 0.234 e. The number of rotatable bonds is 6. The van der Waals surface area contributed by atoms with Crippen LogP contribution in [0.1, 0.15) is 19.8 Å². The highest BCUT2D eigenvalue weighted by Crippen LogP contribution is 2.35. The lowest BCUT2D eigenvalue weighted by molar-refractivity contribution is -0.116. The molecule has 2 amide bonds. The molecule has 24 heavy (non-hydrogen) atoms. The quantitative estimate of drug-likeness (QED) is 0.395. The highest BCUT2D eigenvalue weighted by atomic mass is 127. The SMILES string of the molecule is CC(=O)N(c1nnc(SCC(=O)Nc2ccccc2I)s1)C1CC1. The van der Waals surface area contributed by atoms with Gasteiger partial charge in [-0.1, -0.05) is 35.2 Å². The molecule has 0 radical (unpaired) electrons. The molecule has 1 fully saturated rings. The number of nitrogens with one attached hydrogen (secondary N) is 1. The third kappa shape index (κ3) is 4.45. The fourth-order valence-corrected chi connectivity index (χ4v) is 4.39. The Morgan fingerprint density at radius 2 is 2.12 bits per heavy atom. The van der Waals surface area contributed by atoms with Crippen molar-refractivity contribution in [2.75, 3.05) is 16.0 Å². The molecular weight excluding hydrogens is 459 g/mol. The predicted octanol–water partition coefficient (Wildman–Crippen LogP) is 3.39. The summed E-state index contributed by atoms with van der Waals surface area (Å²) >= 11 is 4.86. The molecule has 1 aliphatic rings. The van der Waals surface area contributed by atoms with Gasteiger partial charge in [-0.05, 0) is 47.6 Å². The third-order valence-corrected chi connectivity index (χ3v) is 6.32. The van der Waals surface area contributed by atoms with Crippen LogP contribution in [-0.4, -0.2) is 33.8 Å². The molecule has 0 bridgehead atoms. The van der Waals surface area contributed by atoms with Crippen LogP contribution in [0.3, 0.4) is 0 Å². The monoisotopic (exact) mass is 474 g/mol. The fourth-order valence-electron chi connectivity index (χ4n) is 2.12. The normalized spacial score (nSPS) is 13.6. The lowest BCUT2D eigenvalue weighted by atomic mass is 10.3. The molecule has 9 heteroatoms. The molecule has 0 atom stereocenters. The Kier molecular flexibility index (Phi) is 5.72. The van der Waals surface area contributed by atoms with Crippen LogP contribution in [0.5, 0.6) is 0 Å². The number of carbonyl (C=O) groups is 2. The highest BCUT2D eigenvalue weighted by Gasteiger charge is 2.34. The van der Waals surface area contributed by atoms with Gasteiger partial charge in [0.15, 0.2) is 4.34 Å². The average molecular weight is 474 g/mol. The standard InChI is InChI=1S/C15H15IN4O2S2/c1-9(21)20(10-6-7-10)14-18-19-15(24-14)23-8-13(22)17-12-5-3-2-4-11(12)16/h2-5,10H,6-8H2,1H3,(H,17,22). The molecule has 0 unspecified atom stereocenters. The maximum absolute atomic E-state index is 12.1. The van der Waals surface area contributed by atoms with Crippen molar-refractivity contribution in [1.29, 1.82) is 0 Å². The van der Waals surface area contributed by atoms with Crippen molar-refractivity contribution in [3.8, 4) is 0 Å². The second kappa shape index (κ2) is 7.79. The molecule has 1 aromatic carbocycles. The van der Waals surface area contributed by atoms with Crippen LogP contribution in [0.25, 0.3) is 0 Å². The number of nitrogens with zero attached hydrogens (tertiary/aromatic N) is 3. The first-order valence-electron chi connectivity index (χ1n) is 7.35. The van der Waals surface area contributed by atoms with E-state index < -0.39 is 0 Å². The van der Waals surface area contributed by atoms with Crippen LogP contribution >= 0.6 is 45.7 Å². The molecule has 1 aromatic heterocycles. The summed E-state index contributed by atoms with van der Waals surface area (Å²) in [5.74, 6) is 0.149. The van der Waals surface area contributed by atoms with E-state index in [2.05, 4.69) is 38.1 Å². The zero-order valence-electron chi connectivity index (χ0n) is 12.9. The van der Waals surface area contributed by atoms with Crippen LogP contribution in [0.15, 0.2) is 28.6 Å². The fraction of sp³-hybridized carbons (Fsp3) is 0.333. The van der Waals surface area contributed by atoms with Crippen molar-refractivity contribution < 1.29 is 9.59 Å². The van der Waals surface area contributed by atoms with Gasteiger partial charge in [-0.25, -0.2) is 0 Å². The van der Waals surface area contributed by atoms with E-state index in [-0.39, 0.29) is 23.6 Å². The second-order valence-corrected chi connectivity index (χ2v) is 8.63. The summed E-state index contributed by atoms with van der Waals surface area (Å²) in [6, 6.07) is 7.88. The van der Waals surface area contributed by atoms with Gasteiger partial charge in [0.2, 0.25) is 16.9 Å². The molecule has 0 aliphatic heterocycles. The largest absolute Gasteiger partial charge is 0.324 e. The Hall–Kier alpha value is -1.20. The molecule has 1 aliphatic carbocycles. The Labute approximate surface area is 161 Å². The Morgan fingerprint density at radius 3 is 2.79 bits per heavy atom. The summed E-state index contributed by atoms with van der Waals surface area (Å²) in [6.07, 6.45) is 2.03. The predicted molar refractivity (Wildman–Crippen MR) is 105 cm³/mol. The number of hydrogen-bond donors (Lipinski definition) is 1. The number of anilines is 2. The van der Waals surface area contributed by atoms with Crippen LogP contribution < -0.4 is 10.2 Å². The summed E-state index contributed by atoms with van der Waals surface area (Å²) < 4.78 is 1.68. The van der Waals surface area contributed by atoms with Crippen LogP contribution in [0.4, 0.5) is 10.8 Å². The summed E-state index contributed by atoms with van der Waals surface area (Å²) in [5.41, 5.74) is 0.804. The summed E-state index contributed by atoms with van der Waals surface area (Å²) in [6.45, 7) is 1.54. The van der Waals surface area contributed by atoms with Crippen molar-refractivity contribution in [3.05, 3.63) is 27.8 Å². The molecule has 3 rings (SSSR count). The molecule has 2 aromatic rings. The van der Waals surface area contributed by atoms with Gasteiger partial charge in [0.1, 0.15) is 0 Å². The van der Waals surface area contributed by atoms with Gasteiger partial charge in [-0.15, -0.1) is 10.2 Å². The van der Waals surface area contributed by atoms with E-state index in [1.165, 1.54) is 23.1 Å². The first-order valence-corrected chi connectivity index (χ1v) is 10.2. The molecule has 1 N–H and O–H groups in total. The minimum atomic E-state index is -0.0912. The molecule has 126 valence electrons. The van der Waals surface area contributed by atoms with Gasteiger partial charge >= 0.3 is 0 Å². The van der Waals surface area contributed by atoms with E-state index in [9.17, 15) is 9.59 Å². The minimum absolute atomic E-state index is 0.0124. The van der Waals surface area contributed by atoms with E-state index in [0.29, 0.717) is 9.47 Å². The number of benzene rings is 1. The molecule has 1 saturated carbocycles. The number of amides is 2. The van der Waals surface area contributed by atoms with E-state index in [4.69, 9.17) is 0 Å². The van der Waals surface area contributed by atoms with Crippen molar-refractivity contribution in [2.24, 2.45) is 0 Å². The second-order valence-electron chi connectivity index (χ2n) is 5.29. The molecular formula is C15H15IN4O2S2. The van der Waals surface area contributed by atoms with Gasteiger partial charge in [0.05, 0.1) is 11.4 Å². The zero-order chi connectivity index (χ0) is 17.1. The summed E-state index contributed by atoms with van der Waals surface area (Å²) in [7, 11) is 0. The van der Waals surface area contributed by atoms with Crippen molar-refractivity contribution in [3.63, 3.8) is 0 Å². The van der Waals surface area contributed by atoms with E-state index in [1.54, 1.807) is 11.8 Å². The molecule has 0 saturated heterocycles. The smallest absolute Gasteiger partial charge is 0.234 e. The number of hydrogen-bond acceptors (Lipinski definition) is 6. The number of carbonyl (C=O) groups excluding carboxylic acids is 2. The Morgan fingerprint density at radius 1 is 1.38 bits per heavy atom. The van der Waals surface area contributed by atoms with Crippen molar-refractivity contribution >= 4 is 68.3 Å². The first-order chi connectivity index (χ1) is 11.5. The van der Waals surface area contributed by atoms with Gasteiger partial charge in [0, 0.05) is 16.5 Å². The summed E-state index contributed by atoms with van der Waals surface area (Å²) in [4.78, 5) is 25.5. The third-order valence-electron chi connectivity index (χ3n) is 3.33. The Balaban J connectivity index is 1.56. The Bertz CT molecular complexity index is 763. The summed E-state index contributed by atoms with van der Waals surface area (Å²) in [5, 5.41) is 11.7. The lowest BCUT2D eigenvalue weighted by Crippen LogP contribution is -2.30. The number of thioether (sulfide) groups is 1. The van der Waals surface area contributed by atoms with E-state index in [0.717, 1.165) is 22.1 Å². The zero-order valence-corrected chi connectivity index (χ0v) is 16.7. The van der Waals surface area contributed by atoms with Crippen molar-refractivity contribution in [1.82, 2.24) is 10.2 Å². The first kappa shape index (κ1) is 17.6. The minimum Gasteiger partial charge on any atom is -0.324 e. The number of halogens is 1. The van der Waals surface area contributed by atoms with Gasteiger partial charge < -0.3 is 5.32 Å². The average Bonchev–Trinajstić information content (AvgIpc) is 3.25. The van der Waals surface area contributed by atoms with Gasteiger partial charge in [-0.2, -0.15) is 0 Å². The van der Waals surface area contributed by atoms with Gasteiger partial charge in [-0.3, -0.25) is 14.5 Å². The van der Waals surface area contributed by atoms with Crippen LogP contribution in [0.2, 0.25) is 0 Å². The van der Waals surface area contributed by atoms with E-state index in [1.807, 2.05) is 24.3 Å². The lowest BCUT2D eigenvalue weighted by Gasteiger charge is -2.15. The highest BCUT2D eigenvalue weighted by molar-refractivity contribution is 14.1. The number of para-hydroxylation sites is 1. The van der Waals surface area contributed by atoms with E-state index >= 15 is 0 Å². The topological polar surface area (TPSA) is 75.2 Å². The number of aromatic nitrogens is 2.